The summed E-state index contributed by atoms with van der Waals surface area (Å²) in [4.78, 5) is 0. The largest absolute Gasteiger partial charge is 0.312 e. The standard InChI is InChI=1S/C14H26N4O2S/c1-4-14-13(11-17(2)16-14)9-15-8-12-6-5-7-18(10-12)21(3,19)20/h11-12,15H,4-10H2,1-3H3. The molecule has 0 spiro atoms. The molecule has 120 valence electrons. The Labute approximate surface area is 127 Å². The molecule has 1 aromatic rings. The molecule has 1 aliphatic rings. The van der Waals surface area contributed by atoms with Crippen LogP contribution in [-0.4, -0.2) is 48.4 Å². The maximum absolute atomic E-state index is 11.6. The van der Waals surface area contributed by atoms with E-state index >= 15 is 0 Å². The maximum atomic E-state index is 11.6. The molecular weight excluding hydrogens is 288 g/mol. The second-order valence-electron chi connectivity index (χ2n) is 5.89. The molecule has 6 nitrogen and oxygen atoms in total. The van der Waals surface area contributed by atoms with E-state index in [2.05, 4.69) is 23.5 Å². The summed E-state index contributed by atoms with van der Waals surface area (Å²) < 4.78 is 26.7. The molecule has 0 aliphatic carbocycles. The van der Waals surface area contributed by atoms with Gasteiger partial charge in [0, 0.05) is 38.4 Å². The number of hydrogen-bond acceptors (Lipinski definition) is 4. The number of nitrogens with zero attached hydrogens (tertiary/aromatic N) is 3. The average molecular weight is 314 g/mol. The van der Waals surface area contributed by atoms with Crippen LogP contribution in [0.1, 0.15) is 31.0 Å². The molecule has 0 amide bonds. The molecule has 0 saturated carbocycles. The van der Waals surface area contributed by atoms with Crippen LogP contribution >= 0.6 is 0 Å². The molecule has 1 fully saturated rings. The van der Waals surface area contributed by atoms with Gasteiger partial charge in [-0.05, 0) is 31.7 Å². The summed E-state index contributed by atoms with van der Waals surface area (Å²) in [5.74, 6) is 0.398. The first-order valence-electron chi connectivity index (χ1n) is 7.57. The highest BCUT2D eigenvalue weighted by atomic mass is 32.2. The predicted octanol–water partition coefficient (Wildman–Crippen LogP) is 0.744. The van der Waals surface area contributed by atoms with E-state index in [0.29, 0.717) is 19.0 Å². The van der Waals surface area contributed by atoms with Crippen LogP contribution in [0, 0.1) is 5.92 Å². The fourth-order valence-corrected chi connectivity index (χ4v) is 3.88. The van der Waals surface area contributed by atoms with E-state index < -0.39 is 10.0 Å². The number of rotatable bonds is 6. The molecule has 1 aliphatic heterocycles. The molecule has 1 aromatic heterocycles. The third-order valence-corrected chi connectivity index (χ3v) is 5.30. The molecular formula is C14H26N4O2S. The summed E-state index contributed by atoms with van der Waals surface area (Å²) in [5, 5.41) is 7.88. The van der Waals surface area contributed by atoms with E-state index in [1.54, 1.807) is 4.31 Å². The van der Waals surface area contributed by atoms with E-state index in [-0.39, 0.29) is 0 Å². The maximum Gasteiger partial charge on any atom is 0.211 e. The topological polar surface area (TPSA) is 67.2 Å². The van der Waals surface area contributed by atoms with Crippen molar-refractivity contribution in [3.8, 4) is 0 Å². The lowest BCUT2D eigenvalue weighted by Crippen LogP contribution is -2.42. The lowest BCUT2D eigenvalue weighted by molar-refractivity contribution is 0.261. The van der Waals surface area contributed by atoms with Gasteiger partial charge in [0.2, 0.25) is 10.0 Å². The Hall–Kier alpha value is -0.920. The van der Waals surface area contributed by atoms with E-state index in [4.69, 9.17) is 0 Å². The Morgan fingerprint density at radius 3 is 2.90 bits per heavy atom. The molecule has 21 heavy (non-hydrogen) atoms. The SMILES string of the molecule is CCc1nn(C)cc1CNCC1CCCN(S(C)(=O)=O)C1. The van der Waals surface area contributed by atoms with Gasteiger partial charge in [-0.1, -0.05) is 6.92 Å². The molecule has 1 atom stereocenters. The third-order valence-electron chi connectivity index (χ3n) is 4.03. The van der Waals surface area contributed by atoms with Crippen LogP contribution in [0.25, 0.3) is 0 Å². The van der Waals surface area contributed by atoms with Gasteiger partial charge >= 0.3 is 0 Å². The van der Waals surface area contributed by atoms with Crippen molar-refractivity contribution in [2.24, 2.45) is 13.0 Å². The van der Waals surface area contributed by atoms with Gasteiger partial charge in [0.15, 0.2) is 0 Å². The van der Waals surface area contributed by atoms with Crippen molar-refractivity contribution in [1.29, 1.82) is 0 Å². The number of nitrogens with one attached hydrogen (secondary N) is 1. The highest BCUT2D eigenvalue weighted by Crippen LogP contribution is 2.18. The Balaban J connectivity index is 1.83. The Morgan fingerprint density at radius 2 is 2.24 bits per heavy atom. The summed E-state index contributed by atoms with van der Waals surface area (Å²) in [5.41, 5.74) is 2.36. The first kappa shape index (κ1) is 16.5. The van der Waals surface area contributed by atoms with E-state index in [0.717, 1.165) is 38.0 Å². The lowest BCUT2D eigenvalue weighted by Gasteiger charge is -2.31. The summed E-state index contributed by atoms with van der Waals surface area (Å²) in [6, 6.07) is 0. The highest BCUT2D eigenvalue weighted by molar-refractivity contribution is 7.88. The Bertz CT molecular complexity index is 568. The monoisotopic (exact) mass is 314 g/mol. The van der Waals surface area contributed by atoms with Gasteiger partial charge in [0.1, 0.15) is 0 Å². The Morgan fingerprint density at radius 1 is 1.48 bits per heavy atom. The van der Waals surface area contributed by atoms with Crippen LogP contribution in [-0.2, 0) is 30.0 Å². The zero-order valence-corrected chi connectivity index (χ0v) is 14.0. The van der Waals surface area contributed by atoms with Crippen LogP contribution in [0.4, 0.5) is 0 Å². The molecule has 0 radical (unpaired) electrons. The van der Waals surface area contributed by atoms with Crippen molar-refractivity contribution in [2.45, 2.75) is 32.7 Å². The zero-order chi connectivity index (χ0) is 15.5. The van der Waals surface area contributed by atoms with Crippen molar-refractivity contribution in [3.63, 3.8) is 0 Å². The number of aryl methyl sites for hydroxylation is 2. The summed E-state index contributed by atoms with van der Waals surface area (Å²) in [6.07, 6.45) is 6.32. The zero-order valence-electron chi connectivity index (χ0n) is 13.2. The van der Waals surface area contributed by atoms with Gasteiger partial charge in [0.25, 0.3) is 0 Å². The summed E-state index contributed by atoms with van der Waals surface area (Å²) >= 11 is 0. The number of piperidine rings is 1. The minimum Gasteiger partial charge on any atom is -0.312 e. The molecule has 2 rings (SSSR count). The number of sulfonamides is 1. The average Bonchev–Trinajstić information content (AvgIpc) is 2.78. The van der Waals surface area contributed by atoms with Gasteiger partial charge in [-0.25, -0.2) is 12.7 Å². The van der Waals surface area contributed by atoms with Crippen molar-refractivity contribution >= 4 is 10.0 Å². The van der Waals surface area contributed by atoms with E-state index in [9.17, 15) is 8.42 Å². The van der Waals surface area contributed by atoms with Crippen molar-refractivity contribution in [3.05, 3.63) is 17.5 Å². The van der Waals surface area contributed by atoms with Crippen LogP contribution in [0.3, 0.4) is 0 Å². The Kier molecular flexibility index (Phi) is 5.40. The molecule has 1 N–H and O–H groups in total. The molecule has 7 heteroatoms. The smallest absolute Gasteiger partial charge is 0.211 e. The molecule has 1 saturated heterocycles. The van der Waals surface area contributed by atoms with Crippen molar-refractivity contribution in [2.75, 3.05) is 25.9 Å². The van der Waals surface area contributed by atoms with Crippen LogP contribution < -0.4 is 5.32 Å². The van der Waals surface area contributed by atoms with Crippen molar-refractivity contribution in [1.82, 2.24) is 19.4 Å². The summed E-state index contributed by atoms with van der Waals surface area (Å²) in [7, 11) is -1.11. The van der Waals surface area contributed by atoms with Gasteiger partial charge in [-0.3, -0.25) is 4.68 Å². The first-order valence-corrected chi connectivity index (χ1v) is 9.42. The quantitative estimate of drug-likeness (QED) is 0.841. The summed E-state index contributed by atoms with van der Waals surface area (Å²) in [6.45, 7) is 5.06. The molecule has 2 heterocycles. The highest BCUT2D eigenvalue weighted by Gasteiger charge is 2.25. The fraction of sp³-hybridized carbons (Fsp3) is 0.786. The van der Waals surface area contributed by atoms with Crippen LogP contribution in [0.15, 0.2) is 6.20 Å². The third kappa shape index (κ3) is 4.52. The second kappa shape index (κ2) is 6.89. The fourth-order valence-electron chi connectivity index (χ4n) is 2.93. The minimum atomic E-state index is -3.05. The van der Waals surface area contributed by atoms with Crippen molar-refractivity contribution < 1.29 is 8.42 Å². The van der Waals surface area contributed by atoms with Gasteiger partial charge in [0.05, 0.1) is 11.9 Å². The molecule has 0 bridgehead atoms. The number of aromatic nitrogens is 2. The molecule has 0 aromatic carbocycles. The number of hydrogen-bond donors (Lipinski definition) is 1. The minimum absolute atomic E-state index is 0.398. The normalized spacial score (nSPS) is 20.8. The lowest BCUT2D eigenvalue weighted by atomic mass is 9.99. The van der Waals surface area contributed by atoms with Gasteiger partial charge < -0.3 is 5.32 Å². The van der Waals surface area contributed by atoms with Crippen LogP contribution in [0.2, 0.25) is 0 Å². The molecule has 1 unspecified atom stereocenters. The van der Waals surface area contributed by atoms with Crippen LogP contribution in [0.5, 0.6) is 0 Å². The first-order chi connectivity index (χ1) is 9.90. The van der Waals surface area contributed by atoms with E-state index in [1.165, 1.54) is 11.8 Å². The van der Waals surface area contributed by atoms with Gasteiger partial charge in [-0.15, -0.1) is 0 Å². The predicted molar refractivity (Wildman–Crippen MR) is 83.4 cm³/mol. The van der Waals surface area contributed by atoms with E-state index in [1.807, 2.05) is 11.7 Å². The second-order valence-corrected chi connectivity index (χ2v) is 7.87. The van der Waals surface area contributed by atoms with Gasteiger partial charge in [-0.2, -0.15) is 5.10 Å².